The zero-order valence-corrected chi connectivity index (χ0v) is 42.0. The predicted octanol–water partition coefficient (Wildman–Crippen LogP) is 11.8. The highest BCUT2D eigenvalue weighted by atomic mass is 15.3. The maximum atomic E-state index is 5.45. The third-order valence-corrected chi connectivity index (χ3v) is 15.6. The Morgan fingerprint density at radius 1 is 0.623 bits per heavy atom. The Morgan fingerprint density at radius 2 is 1.13 bits per heavy atom. The van der Waals surface area contributed by atoms with Gasteiger partial charge in [0.05, 0.1) is 56.2 Å². The number of nitrogens with zero attached hydrogens (tertiary/aromatic N) is 9. The standard InChI is InChI=1S/C57H74N12/c1-10-68-52(27-37(5)63-68)40(8)59-56-61-50-32-46(36(3)4)30-44-21-23-49(65-34-42-19-20-43(29-42)35-65)24-22-45-31-47(39(7)58-48-17-13-12-14-18-48)33-51-55(45)67(26-16-15-25-66(56)54(44)50)57(62-51)60-41(9)53-28-38(6)64-69(53)11-2/h15-16,27-28,30-33,42-43,48-49,58H,3,7-14,17-26,29,34-35H2,1-2,4-6H3,(H,59,61)(H,60,62)/b16-15+. The third kappa shape index (κ3) is 9.61. The summed E-state index contributed by atoms with van der Waals surface area (Å²) in [6, 6.07) is 14.4. The van der Waals surface area contributed by atoms with Crippen LogP contribution in [0.15, 0.2) is 74.9 Å². The SMILES string of the molecule is C=C(C)c1cc2c3c(c1)nc(NC(=C)c1cc(C)nn1CC)n3C/C=C/Cn1c(NC(=C)c3cc(C)nn3CC)nc3cc(C(=C)NC4CCCCC4)cc(c31)CCC(N1CC3CCC(C3)C1)CC2. The van der Waals surface area contributed by atoms with Gasteiger partial charge in [0.15, 0.2) is 0 Å². The molecule has 1 saturated heterocycles. The molecule has 3 N–H and O–H groups in total. The van der Waals surface area contributed by atoms with Crippen LogP contribution in [0.25, 0.3) is 44.7 Å². The second kappa shape index (κ2) is 19.7. The van der Waals surface area contributed by atoms with Crippen LogP contribution in [0, 0.1) is 25.7 Å². The van der Waals surface area contributed by atoms with Crippen molar-refractivity contribution in [2.45, 2.75) is 150 Å². The fourth-order valence-electron chi connectivity index (χ4n) is 12.2. The van der Waals surface area contributed by atoms with Crippen molar-refractivity contribution in [2.24, 2.45) is 11.8 Å². The number of piperidine rings is 1. The van der Waals surface area contributed by atoms with Crippen LogP contribution < -0.4 is 16.0 Å². The topological polar surface area (TPSA) is 111 Å². The van der Waals surface area contributed by atoms with Crippen LogP contribution in [0.1, 0.15) is 130 Å². The molecule has 6 aromatic rings. The second-order valence-electron chi connectivity index (χ2n) is 20.7. The van der Waals surface area contributed by atoms with E-state index < -0.39 is 0 Å². The van der Waals surface area contributed by atoms with Crippen LogP contribution in [-0.4, -0.2) is 68.7 Å². The fourth-order valence-corrected chi connectivity index (χ4v) is 12.2. The molecule has 3 fully saturated rings. The molecule has 2 aliphatic carbocycles. The summed E-state index contributed by atoms with van der Waals surface area (Å²) in [5, 5.41) is 20.8. The number of fused-ring (bicyclic) bond motifs is 2. The average molecular weight is 927 g/mol. The molecule has 4 aliphatic rings. The Balaban J connectivity index is 1.10. The van der Waals surface area contributed by atoms with Crippen molar-refractivity contribution in [3.8, 4) is 0 Å². The molecular weight excluding hydrogens is 853 g/mol. The highest BCUT2D eigenvalue weighted by Crippen LogP contribution is 2.40. The molecule has 4 aromatic heterocycles. The Kier molecular flexibility index (Phi) is 13.3. The minimum absolute atomic E-state index is 0.403. The molecule has 2 aromatic carbocycles. The molecule has 12 nitrogen and oxygen atoms in total. The van der Waals surface area contributed by atoms with E-state index in [-0.39, 0.29) is 0 Å². The minimum atomic E-state index is 0.403. The zero-order chi connectivity index (χ0) is 47.9. The molecule has 0 spiro atoms. The molecule has 362 valence electrons. The molecular formula is C57H74N12. The van der Waals surface area contributed by atoms with E-state index in [1.807, 2.05) is 23.2 Å². The summed E-state index contributed by atoms with van der Waals surface area (Å²) in [4.78, 5) is 13.7. The zero-order valence-electron chi connectivity index (χ0n) is 42.0. The van der Waals surface area contributed by atoms with Gasteiger partial charge in [-0.05, 0) is 163 Å². The number of aromatic nitrogens is 8. The Bertz CT molecular complexity index is 2950. The number of aryl methyl sites for hydroxylation is 6. The Hall–Kier alpha value is -6.14. The number of hydrogen-bond acceptors (Lipinski definition) is 8. The van der Waals surface area contributed by atoms with Gasteiger partial charge in [-0.1, -0.05) is 63.3 Å². The molecule has 12 heteroatoms. The van der Waals surface area contributed by atoms with E-state index in [9.17, 15) is 0 Å². The molecule has 6 heterocycles. The first-order valence-electron chi connectivity index (χ1n) is 26.0. The van der Waals surface area contributed by atoms with Crippen molar-refractivity contribution in [1.29, 1.82) is 0 Å². The van der Waals surface area contributed by atoms with E-state index in [2.05, 4.69) is 126 Å². The first kappa shape index (κ1) is 46.6. The van der Waals surface area contributed by atoms with Gasteiger partial charge in [-0.25, -0.2) is 9.97 Å². The van der Waals surface area contributed by atoms with Crippen molar-refractivity contribution in [2.75, 3.05) is 23.7 Å². The van der Waals surface area contributed by atoms with Crippen LogP contribution in [0.2, 0.25) is 0 Å². The van der Waals surface area contributed by atoms with Gasteiger partial charge in [0, 0.05) is 57.0 Å². The molecule has 2 bridgehead atoms. The molecule has 2 saturated carbocycles. The lowest BCUT2D eigenvalue weighted by Crippen LogP contribution is -2.44. The summed E-state index contributed by atoms with van der Waals surface area (Å²) < 4.78 is 8.74. The van der Waals surface area contributed by atoms with Gasteiger partial charge in [-0.2, -0.15) is 10.2 Å². The van der Waals surface area contributed by atoms with Gasteiger partial charge in [-0.15, -0.1) is 0 Å². The normalized spacial score (nSPS) is 20.7. The van der Waals surface area contributed by atoms with Crippen molar-refractivity contribution >= 4 is 56.6 Å². The van der Waals surface area contributed by atoms with Crippen molar-refractivity contribution in [1.82, 2.24) is 48.9 Å². The maximum absolute atomic E-state index is 5.45. The summed E-state index contributed by atoms with van der Waals surface area (Å²) in [7, 11) is 0. The number of rotatable bonds is 13. The van der Waals surface area contributed by atoms with Gasteiger partial charge in [0.25, 0.3) is 0 Å². The largest absolute Gasteiger partial charge is 0.382 e. The highest BCUT2D eigenvalue weighted by molar-refractivity contribution is 5.89. The van der Waals surface area contributed by atoms with Crippen LogP contribution in [0.4, 0.5) is 11.9 Å². The van der Waals surface area contributed by atoms with Gasteiger partial charge >= 0.3 is 0 Å². The van der Waals surface area contributed by atoms with E-state index in [1.54, 1.807) is 0 Å². The van der Waals surface area contributed by atoms with E-state index in [1.165, 1.54) is 75.6 Å². The first-order valence-corrected chi connectivity index (χ1v) is 26.0. The van der Waals surface area contributed by atoms with E-state index in [4.69, 9.17) is 20.2 Å². The van der Waals surface area contributed by atoms with Crippen molar-refractivity contribution in [3.05, 3.63) is 120 Å². The number of allylic oxidation sites excluding steroid dienone is 3. The van der Waals surface area contributed by atoms with Gasteiger partial charge in [-0.3, -0.25) is 14.3 Å². The summed E-state index contributed by atoms with van der Waals surface area (Å²) >= 11 is 0. The molecule has 3 atom stereocenters. The lowest BCUT2D eigenvalue weighted by atomic mass is 9.91. The molecule has 0 amide bonds. The van der Waals surface area contributed by atoms with Crippen LogP contribution >= 0.6 is 0 Å². The fraction of sp³-hybridized carbons (Fsp3) is 0.474. The van der Waals surface area contributed by atoms with Crippen LogP contribution in [0.3, 0.4) is 0 Å². The Morgan fingerprint density at radius 3 is 1.64 bits per heavy atom. The quantitative estimate of drug-likeness (QED) is 0.0983. The monoisotopic (exact) mass is 927 g/mol. The lowest BCUT2D eigenvalue weighted by Gasteiger charge is -2.38. The number of nitrogens with one attached hydrogen (secondary N) is 3. The predicted molar refractivity (Wildman–Crippen MR) is 286 cm³/mol. The first-order chi connectivity index (χ1) is 33.4. The second-order valence-corrected chi connectivity index (χ2v) is 20.7. The molecule has 10 rings (SSSR count). The smallest absolute Gasteiger partial charge is 0.208 e. The van der Waals surface area contributed by atoms with E-state index >= 15 is 0 Å². The van der Waals surface area contributed by atoms with E-state index in [0.717, 1.165) is 141 Å². The van der Waals surface area contributed by atoms with Crippen LogP contribution in [-0.2, 0) is 39.0 Å². The number of likely N-dealkylation sites (tertiary alicyclic amines) is 1. The molecule has 0 radical (unpaired) electrons. The molecule has 3 unspecified atom stereocenters. The highest BCUT2D eigenvalue weighted by Gasteiger charge is 2.36. The number of benzene rings is 2. The molecule has 69 heavy (non-hydrogen) atoms. The van der Waals surface area contributed by atoms with Crippen molar-refractivity contribution in [3.63, 3.8) is 0 Å². The summed E-state index contributed by atoms with van der Waals surface area (Å²) in [5.41, 5.74) is 16.6. The summed E-state index contributed by atoms with van der Waals surface area (Å²) in [6.45, 7) is 33.7. The Labute approximate surface area is 409 Å². The number of imidazole rings is 2. The average Bonchev–Trinajstić information content (AvgIpc) is 4.16. The summed E-state index contributed by atoms with van der Waals surface area (Å²) in [5.74, 6) is 3.12. The number of hydrogen-bond donors (Lipinski definition) is 3. The lowest BCUT2D eigenvalue weighted by molar-refractivity contribution is 0.106. The van der Waals surface area contributed by atoms with Gasteiger partial charge in [0.1, 0.15) is 0 Å². The summed E-state index contributed by atoms with van der Waals surface area (Å²) in [6.07, 6.45) is 18.9. The van der Waals surface area contributed by atoms with Gasteiger partial charge in [0.2, 0.25) is 11.9 Å². The van der Waals surface area contributed by atoms with Gasteiger partial charge < -0.3 is 25.1 Å². The molecule has 2 aliphatic heterocycles. The third-order valence-electron chi connectivity index (χ3n) is 15.6. The number of anilines is 2. The van der Waals surface area contributed by atoms with Crippen LogP contribution in [0.5, 0.6) is 0 Å². The van der Waals surface area contributed by atoms with E-state index in [0.29, 0.717) is 25.2 Å². The minimum Gasteiger partial charge on any atom is -0.382 e. The maximum Gasteiger partial charge on any atom is 0.208 e. The van der Waals surface area contributed by atoms with Crippen molar-refractivity contribution < 1.29 is 0 Å².